The van der Waals surface area contributed by atoms with Crippen molar-refractivity contribution in [1.82, 2.24) is 5.32 Å². The van der Waals surface area contributed by atoms with Crippen LogP contribution in [0.1, 0.15) is 37.8 Å². The predicted molar refractivity (Wildman–Crippen MR) is 128 cm³/mol. The number of rotatable bonds is 6. The Kier molecular flexibility index (Phi) is 6.40. The average Bonchev–Trinajstić information content (AvgIpc) is 3.42. The zero-order valence-corrected chi connectivity index (χ0v) is 19.4. The van der Waals surface area contributed by atoms with Crippen molar-refractivity contribution in [2.24, 2.45) is 0 Å². The summed E-state index contributed by atoms with van der Waals surface area (Å²) < 4.78 is 39.0. The monoisotopic (exact) mass is 487 g/mol. The van der Waals surface area contributed by atoms with Crippen LogP contribution >= 0.6 is 11.3 Å². The van der Waals surface area contributed by atoms with Crippen molar-refractivity contribution in [3.05, 3.63) is 70.4 Å². The van der Waals surface area contributed by atoms with Gasteiger partial charge in [0, 0.05) is 17.3 Å². The van der Waals surface area contributed by atoms with Gasteiger partial charge in [-0.25, -0.2) is 4.79 Å². The first-order valence-corrected chi connectivity index (χ1v) is 11.7. The van der Waals surface area contributed by atoms with Gasteiger partial charge in [-0.1, -0.05) is 18.2 Å². The number of nitrogens with one attached hydrogen (secondary N) is 3. The fraction of sp³-hybridized carbons (Fsp3) is 0.280. The van der Waals surface area contributed by atoms with E-state index in [0.29, 0.717) is 11.3 Å². The van der Waals surface area contributed by atoms with E-state index in [9.17, 15) is 22.8 Å². The fourth-order valence-electron chi connectivity index (χ4n) is 3.49. The van der Waals surface area contributed by atoms with Crippen molar-refractivity contribution in [2.75, 3.05) is 10.6 Å². The van der Waals surface area contributed by atoms with Crippen LogP contribution in [0.5, 0.6) is 0 Å². The van der Waals surface area contributed by atoms with E-state index in [2.05, 4.69) is 16.0 Å². The molecule has 5 nitrogen and oxygen atoms in total. The molecule has 0 radical (unpaired) electrons. The molecule has 0 spiro atoms. The van der Waals surface area contributed by atoms with Gasteiger partial charge in [0.15, 0.2) is 0 Å². The highest BCUT2D eigenvalue weighted by Crippen LogP contribution is 2.35. The Labute approximate surface area is 199 Å². The fourth-order valence-corrected chi connectivity index (χ4v) is 4.14. The maximum atomic E-state index is 13.0. The Hall–Kier alpha value is -3.33. The quantitative estimate of drug-likeness (QED) is 0.365. The van der Waals surface area contributed by atoms with E-state index in [0.717, 1.165) is 36.1 Å². The van der Waals surface area contributed by atoms with E-state index in [-0.39, 0.29) is 17.6 Å². The molecule has 3 aromatic rings. The summed E-state index contributed by atoms with van der Waals surface area (Å²) in [6.45, 7) is 3.63. The molecule has 3 N–H and O–H groups in total. The average molecular weight is 488 g/mol. The second kappa shape index (κ2) is 9.13. The number of hydrogen-bond acceptors (Lipinski definition) is 3. The van der Waals surface area contributed by atoms with Crippen molar-refractivity contribution >= 4 is 34.6 Å². The van der Waals surface area contributed by atoms with Crippen LogP contribution in [0.2, 0.25) is 0 Å². The molecule has 2 aromatic carbocycles. The zero-order valence-electron chi connectivity index (χ0n) is 18.6. The van der Waals surface area contributed by atoms with Crippen LogP contribution in [0.25, 0.3) is 11.1 Å². The lowest BCUT2D eigenvalue weighted by Gasteiger charge is -2.25. The Morgan fingerprint density at radius 3 is 2.38 bits per heavy atom. The standard InChI is InChI=1S/C25H24F3N3O2S/c1-24(2,22(32)29-18-7-8-18)16-6-9-20(15-10-11-34-14-15)21(13-16)31-23(33)30-19-5-3-4-17(12-19)25(26,27)28/h3-6,9-14,18H,7-8H2,1-2H3,(H,29,32)(H2,30,31,33). The predicted octanol–water partition coefficient (Wildman–Crippen LogP) is 6.63. The Morgan fingerprint density at radius 1 is 0.971 bits per heavy atom. The first-order valence-electron chi connectivity index (χ1n) is 10.8. The van der Waals surface area contributed by atoms with E-state index in [1.165, 1.54) is 23.5 Å². The minimum atomic E-state index is -4.51. The summed E-state index contributed by atoms with van der Waals surface area (Å²) in [5, 5.41) is 12.1. The SMILES string of the molecule is CC(C)(C(=O)NC1CC1)c1ccc(-c2ccsc2)c(NC(=O)Nc2cccc(C(F)(F)F)c2)c1. The zero-order chi connectivity index (χ0) is 24.5. The molecule has 4 rings (SSSR count). The minimum Gasteiger partial charge on any atom is -0.353 e. The Morgan fingerprint density at radius 2 is 1.74 bits per heavy atom. The molecule has 0 bridgehead atoms. The highest BCUT2D eigenvalue weighted by Gasteiger charge is 2.34. The highest BCUT2D eigenvalue weighted by molar-refractivity contribution is 7.08. The third-order valence-electron chi connectivity index (χ3n) is 5.75. The van der Waals surface area contributed by atoms with Crippen LogP contribution < -0.4 is 16.0 Å². The summed E-state index contributed by atoms with van der Waals surface area (Å²) in [6, 6.07) is 11.3. The van der Waals surface area contributed by atoms with Crippen LogP contribution in [-0.4, -0.2) is 18.0 Å². The van der Waals surface area contributed by atoms with E-state index < -0.39 is 23.2 Å². The third-order valence-corrected chi connectivity index (χ3v) is 6.43. The first-order chi connectivity index (χ1) is 16.0. The van der Waals surface area contributed by atoms with Crippen molar-refractivity contribution in [3.63, 3.8) is 0 Å². The molecule has 1 heterocycles. The molecule has 3 amide bonds. The number of amides is 3. The van der Waals surface area contributed by atoms with Gasteiger partial charge >= 0.3 is 12.2 Å². The summed E-state index contributed by atoms with van der Waals surface area (Å²) in [6.07, 6.45) is -2.57. The lowest BCUT2D eigenvalue weighted by atomic mass is 9.82. The molecular formula is C25H24F3N3O2S. The number of alkyl halides is 3. The second-order valence-corrected chi connectivity index (χ2v) is 9.58. The lowest BCUT2D eigenvalue weighted by molar-refractivity contribution is -0.137. The van der Waals surface area contributed by atoms with E-state index in [4.69, 9.17) is 0 Å². The highest BCUT2D eigenvalue weighted by atomic mass is 32.1. The molecule has 9 heteroatoms. The molecule has 34 heavy (non-hydrogen) atoms. The number of benzene rings is 2. The van der Waals surface area contributed by atoms with Gasteiger partial charge in [-0.2, -0.15) is 24.5 Å². The van der Waals surface area contributed by atoms with Crippen LogP contribution in [0, 0.1) is 0 Å². The smallest absolute Gasteiger partial charge is 0.353 e. The maximum absolute atomic E-state index is 13.0. The topological polar surface area (TPSA) is 70.2 Å². The molecule has 1 aliphatic rings. The van der Waals surface area contributed by atoms with Gasteiger partial charge in [0.05, 0.1) is 16.7 Å². The van der Waals surface area contributed by atoms with Gasteiger partial charge in [-0.05, 0) is 78.9 Å². The molecule has 1 aliphatic carbocycles. The van der Waals surface area contributed by atoms with E-state index in [1.54, 1.807) is 6.07 Å². The second-order valence-electron chi connectivity index (χ2n) is 8.80. The number of hydrogen-bond donors (Lipinski definition) is 3. The number of urea groups is 1. The van der Waals surface area contributed by atoms with Crippen molar-refractivity contribution in [1.29, 1.82) is 0 Å². The van der Waals surface area contributed by atoms with E-state index >= 15 is 0 Å². The molecule has 0 atom stereocenters. The van der Waals surface area contributed by atoms with Gasteiger partial charge in [0.1, 0.15) is 0 Å². The molecule has 0 unspecified atom stereocenters. The molecule has 178 valence electrons. The lowest BCUT2D eigenvalue weighted by Crippen LogP contribution is -2.41. The third kappa shape index (κ3) is 5.41. The summed E-state index contributed by atoms with van der Waals surface area (Å²) in [5.41, 5.74) is 1.10. The number of anilines is 2. The number of carbonyl (C=O) groups excluding carboxylic acids is 2. The van der Waals surface area contributed by atoms with Crippen molar-refractivity contribution in [3.8, 4) is 11.1 Å². The normalized spacial score (nSPS) is 13.9. The summed E-state index contributed by atoms with van der Waals surface area (Å²) in [5.74, 6) is -0.0994. The molecule has 1 saturated carbocycles. The van der Waals surface area contributed by atoms with Crippen LogP contribution in [0.3, 0.4) is 0 Å². The van der Waals surface area contributed by atoms with Crippen molar-refractivity contribution in [2.45, 2.75) is 44.3 Å². The number of thiophene rings is 1. The van der Waals surface area contributed by atoms with Gasteiger partial charge in [-0.15, -0.1) is 0 Å². The molecular weight excluding hydrogens is 463 g/mol. The summed E-state index contributed by atoms with van der Waals surface area (Å²) in [4.78, 5) is 25.5. The largest absolute Gasteiger partial charge is 0.416 e. The van der Waals surface area contributed by atoms with E-state index in [1.807, 2.05) is 42.8 Å². The Balaban J connectivity index is 1.60. The molecule has 1 fully saturated rings. The van der Waals surface area contributed by atoms with Crippen molar-refractivity contribution < 1.29 is 22.8 Å². The molecule has 0 aliphatic heterocycles. The van der Waals surface area contributed by atoms with Gasteiger partial charge in [-0.3, -0.25) is 4.79 Å². The van der Waals surface area contributed by atoms with Gasteiger partial charge in [0.2, 0.25) is 5.91 Å². The summed E-state index contributed by atoms with van der Waals surface area (Å²) >= 11 is 1.50. The van der Waals surface area contributed by atoms with Crippen LogP contribution in [0.4, 0.5) is 29.3 Å². The number of halogens is 3. The van der Waals surface area contributed by atoms with Gasteiger partial charge < -0.3 is 16.0 Å². The summed E-state index contributed by atoms with van der Waals surface area (Å²) in [7, 11) is 0. The van der Waals surface area contributed by atoms with Crippen LogP contribution in [-0.2, 0) is 16.4 Å². The Bertz CT molecular complexity index is 1200. The minimum absolute atomic E-state index is 0.0182. The number of carbonyl (C=O) groups is 2. The first kappa shape index (κ1) is 23.8. The van der Waals surface area contributed by atoms with Crippen LogP contribution in [0.15, 0.2) is 59.3 Å². The molecule has 1 aromatic heterocycles. The maximum Gasteiger partial charge on any atom is 0.416 e. The van der Waals surface area contributed by atoms with Gasteiger partial charge in [0.25, 0.3) is 0 Å². The molecule has 0 saturated heterocycles.